The van der Waals surface area contributed by atoms with Crippen LogP contribution in [-0.4, -0.2) is 0 Å². The first kappa shape index (κ1) is 10.8. The van der Waals surface area contributed by atoms with Crippen molar-refractivity contribution in [3.05, 3.63) is 53.5 Å². The summed E-state index contributed by atoms with van der Waals surface area (Å²) in [4.78, 5) is 0. The van der Waals surface area contributed by atoms with Gasteiger partial charge in [0, 0.05) is 6.07 Å². The van der Waals surface area contributed by atoms with E-state index >= 15 is 0 Å². The zero-order valence-corrected chi connectivity index (χ0v) is 9.79. The highest BCUT2D eigenvalue weighted by Crippen LogP contribution is 2.23. The summed E-state index contributed by atoms with van der Waals surface area (Å²) in [6.45, 7) is 4.05. The van der Waals surface area contributed by atoms with E-state index in [0.29, 0.717) is 5.69 Å². The Morgan fingerprint density at radius 1 is 1.12 bits per heavy atom. The van der Waals surface area contributed by atoms with Gasteiger partial charge < -0.3 is 0 Å². The lowest BCUT2D eigenvalue weighted by Crippen LogP contribution is -2.31. The third-order valence-corrected chi connectivity index (χ3v) is 2.77. The quantitative estimate of drug-likeness (QED) is 0.645. The summed E-state index contributed by atoms with van der Waals surface area (Å²) in [6, 6.07) is 9.26. The molecule has 0 fully saturated rings. The molecule has 2 rings (SSSR count). The van der Waals surface area contributed by atoms with Crippen LogP contribution in [0.2, 0.25) is 0 Å². The highest BCUT2D eigenvalue weighted by molar-refractivity contribution is 5.61. The largest absolute Gasteiger partial charge is 0.248 e. The van der Waals surface area contributed by atoms with E-state index in [2.05, 4.69) is 6.07 Å². The molecule has 1 aromatic heterocycles. The Bertz CT molecular complexity index is 512. The van der Waals surface area contributed by atoms with E-state index in [1.54, 1.807) is 6.07 Å². The van der Waals surface area contributed by atoms with Gasteiger partial charge >= 0.3 is 0 Å². The molecule has 82 valence electrons. The van der Waals surface area contributed by atoms with Crippen molar-refractivity contribution in [3.8, 4) is 11.3 Å². The minimum absolute atomic E-state index is 0.183. The SMILES string of the molecule is Cc1ccc(-c2c(F)ccc[n+]2C)c(C)c1. The standard InChI is InChI=1S/C14H15FN/c1-10-6-7-12(11(2)9-10)14-13(15)5-4-8-16(14)3/h4-9H,1-3H3/q+1. The van der Waals surface area contributed by atoms with E-state index < -0.39 is 0 Å². The van der Waals surface area contributed by atoms with Gasteiger partial charge in [-0.05, 0) is 31.5 Å². The zero-order chi connectivity index (χ0) is 11.7. The molecule has 0 amide bonds. The minimum Gasteiger partial charge on any atom is -0.200 e. The van der Waals surface area contributed by atoms with Crippen LogP contribution in [0.25, 0.3) is 11.3 Å². The molecule has 0 N–H and O–H groups in total. The van der Waals surface area contributed by atoms with Gasteiger partial charge in [-0.3, -0.25) is 0 Å². The first-order valence-corrected chi connectivity index (χ1v) is 5.31. The maximum Gasteiger partial charge on any atom is 0.248 e. The second-order valence-corrected chi connectivity index (χ2v) is 4.13. The molecule has 0 aliphatic heterocycles. The molecule has 1 aromatic carbocycles. The molecule has 2 aromatic rings. The van der Waals surface area contributed by atoms with E-state index in [9.17, 15) is 4.39 Å². The van der Waals surface area contributed by atoms with Gasteiger partial charge in [0.25, 0.3) is 0 Å². The van der Waals surface area contributed by atoms with Gasteiger partial charge in [-0.2, -0.15) is 8.96 Å². The Morgan fingerprint density at radius 3 is 2.50 bits per heavy atom. The lowest BCUT2D eigenvalue weighted by Gasteiger charge is -2.05. The smallest absolute Gasteiger partial charge is 0.200 e. The first-order chi connectivity index (χ1) is 7.59. The van der Waals surface area contributed by atoms with Crippen LogP contribution in [0.1, 0.15) is 11.1 Å². The van der Waals surface area contributed by atoms with Crippen LogP contribution in [0.5, 0.6) is 0 Å². The summed E-state index contributed by atoms with van der Waals surface area (Å²) >= 11 is 0. The van der Waals surface area contributed by atoms with Gasteiger partial charge in [-0.1, -0.05) is 17.7 Å². The fraction of sp³-hybridized carbons (Fsp3) is 0.214. The second-order valence-electron chi connectivity index (χ2n) is 4.13. The molecule has 16 heavy (non-hydrogen) atoms. The molecule has 0 radical (unpaired) electrons. The van der Waals surface area contributed by atoms with Crippen LogP contribution in [0.3, 0.4) is 0 Å². The lowest BCUT2D eigenvalue weighted by molar-refractivity contribution is -0.661. The molecular weight excluding hydrogens is 201 g/mol. The van der Waals surface area contributed by atoms with Crippen LogP contribution < -0.4 is 4.57 Å². The number of pyridine rings is 1. The van der Waals surface area contributed by atoms with Crippen molar-refractivity contribution in [2.75, 3.05) is 0 Å². The van der Waals surface area contributed by atoms with E-state index in [-0.39, 0.29) is 5.82 Å². The van der Waals surface area contributed by atoms with Crippen LogP contribution >= 0.6 is 0 Å². The van der Waals surface area contributed by atoms with E-state index in [0.717, 1.165) is 11.1 Å². The normalized spacial score (nSPS) is 10.5. The van der Waals surface area contributed by atoms with Gasteiger partial charge in [0.2, 0.25) is 5.69 Å². The average Bonchev–Trinajstić information content (AvgIpc) is 2.20. The number of halogens is 1. The Kier molecular flexibility index (Phi) is 2.73. The van der Waals surface area contributed by atoms with Crippen LogP contribution in [0, 0.1) is 19.7 Å². The summed E-state index contributed by atoms with van der Waals surface area (Å²) in [5, 5.41) is 0. The molecule has 0 atom stereocenters. The van der Waals surface area contributed by atoms with Gasteiger partial charge in [-0.25, -0.2) is 0 Å². The van der Waals surface area contributed by atoms with Crippen molar-refractivity contribution in [1.29, 1.82) is 0 Å². The molecule has 0 spiro atoms. The number of nitrogens with zero attached hydrogens (tertiary/aromatic N) is 1. The van der Waals surface area contributed by atoms with Crippen molar-refractivity contribution < 1.29 is 8.96 Å². The van der Waals surface area contributed by atoms with E-state index in [1.165, 1.54) is 11.6 Å². The predicted octanol–water partition coefficient (Wildman–Crippen LogP) is 2.93. The average molecular weight is 216 g/mol. The molecule has 0 saturated carbocycles. The van der Waals surface area contributed by atoms with Crippen molar-refractivity contribution in [2.24, 2.45) is 7.05 Å². The number of aryl methyl sites for hydroxylation is 3. The zero-order valence-electron chi connectivity index (χ0n) is 9.79. The molecule has 0 saturated heterocycles. The maximum absolute atomic E-state index is 13.8. The summed E-state index contributed by atoms with van der Waals surface area (Å²) in [5.41, 5.74) is 3.88. The Labute approximate surface area is 95.2 Å². The fourth-order valence-corrected chi connectivity index (χ4v) is 1.98. The van der Waals surface area contributed by atoms with Crippen molar-refractivity contribution in [1.82, 2.24) is 0 Å². The maximum atomic E-state index is 13.8. The molecule has 0 aliphatic rings. The third kappa shape index (κ3) is 1.83. The number of aromatic nitrogens is 1. The van der Waals surface area contributed by atoms with Crippen LogP contribution in [-0.2, 0) is 7.05 Å². The van der Waals surface area contributed by atoms with Gasteiger partial charge in [0.1, 0.15) is 7.05 Å². The molecule has 0 bridgehead atoms. The molecule has 1 nitrogen and oxygen atoms in total. The van der Waals surface area contributed by atoms with Gasteiger partial charge in [0.15, 0.2) is 12.0 Å². The van der Waals surface area contributed by atoms with Crippen LogP contribution in [0.4, 0.5) is 4.39 Å². The van der Waals surface area contributed by atoms with E-state index in [4.69, 9.17) is 0 Å². The Hall–Kier alpha value is -1.70. The predicted molar refractivity (Wildman–Crippen MR) is 62.5 cm³/mol. The minimum atomic E-state index is -0.183. The molecular formula is C14H15FN+. The summed E-state index contributed by atoms with van der Waals surface area (Å²) in [6.07, 6.45) is 1.86. The molecule has 2 heteroatoms. The highest BCUT2D eigenvalue weighted by atomic mass is 19.1. The summed E-state index contributed by atoms with van der Waals surface area (Å²) in [5.74, 6) is -0.183. The lowest BCUT2D eigenvalue weighted by atomic mass is 10.0. The van der Waals surface area contributed by atoms with Crippen molar-refractivity contribution in [3.63, 3.8) is 0 Å². The monoisotopic (exact) mass is 216 g/mol. The fourth-order valence-electron chi connectivity index (χ4n) is 1.98. The van der Waals surface area contributed by atoms with Gasteiger partial charge in [-0.15, -0.1) is 0 Å². The molecule has 0 aliphatic carbocycles. The highest BCUT2D eigenvalue weighted by Gasteiger charge is 2.17. The number of benzene rings is 1. The Morgan fingerprint density at radius 2 is 1.88 bits per heavy atom. The van der Waals surface area contributed by atoms with Gasteiger partial charge in [0.05, 0.1) is 5.56 Å². The Balaban J connectivity index is 2.68. The number of hydrogen-bond donors (Lipinski definition) is 0. The van der Waals surface area contributed by atoms with Crippen molar-refractivity contribution >= 4 is 0 Å². The van der Waals surface area contributed by atoms with Crippen LogP contribution in [0.15, 0.2) is 36.5 Å². The van der Waals surface area contributed by atoms with Crippen molar-refractivity contribution in [2.45, 2.75) is 13.8 Å². The summed E-state index contributed by atoms with van der Waals surface area (Å²) < 4.78 is 15.6. The molecule has 0 unspecified atom stereocenters. The second kappa shape index (κ2) is 4.05. The number of rotatable bonds is 1. The first-order valence-electron chi connectivity index (χ1n) is 5.31. The topological polar surface area (TPSA) is 3.88 Å². The third-order valence-electron chi connectivity index (χ3n) is 2.77. The molecule has 1 heterocycles. The van der Waals surface area contributed by atoms with E-state index in [1.807, 2.05) is 43.8 Å². The number of hydrogen-bond acceptors (Lipinski definition) is 0. The summed E-state index contributed by atoms with van der Waals surface area (Å²) in [7, 11) is 1.86.